The molecule has 0 amide bonds. The largest absolute Gasteiger partial charge is 0.393 e. The van der Waals surface area contributed by atoms with Crippen LogP contribution in [-0.2, 0) is 9.78 Å². The van der Waals surface area contributed by atoms with Gasteiger partial charge in [0.25, 0.3) is 0 Å². The Kier molecular flexibility index (Phi) is 5.13. The molecule has 174 valence electrons. The van der Waals surface area contributed by atoms with Crippen molar-refractivity contribution < 1.29 is 14.9 Å². The number of rotatable bonds is 4. The van der Waals surface area contributed by atoms with Crippen LogP contribution >= 0.6 is 0 Å². The maximum Gasteiger partial charge on any atom is 0.130 e. The topological polar surface area (TPSA) is 38.7 Å². The molecule has 6 rings (SSSR count). The Morgan fingerprint density at radius 3 is 2.35 bits per heavy atom. The summed E-state index contributed by atoms with van der Waals surface area (Å²) in [4.78, 5) is 12.8. The van der Waals surface area contributed by atoms with Crippen LogP contribution in [0.5, 0.6) is 0 Å². The van der Waals surface area contributed by atoms with Gasteiger partial charge in [-0.25, -0.2) is 9.78 Å². The molecular formula is C28H44O3. The van der Waals surface area contributed by atoms with Gasteiger partial charge in [0.05, 0.1) is 6.10 Å². The SMILES string of the molecule is CC(C)[C@H](C)C=C[C@@H](C)[C@H]1CC[C@@H]2[C@]1(C)CC[C@H]1[C@]23C=C[C@]2(C[C@@H](O)CC[C@]12C)OO3. The van der Waals surface area contributed by atoms with Crippen LogP contribution in [-0.4, -0.2) is 22.4 Å². The Morgan fingerprint density at radius 1 is 0.903 bits per heavy atom. The van der Waals surface area contributed by atoms with Crippen molar-refractivity contribution in [3.05, 3.63) is 24.3 Å². The van der Waals surface area contributed by atoms with E-state index in [1.807, 2.05) is 0 Å². The number of allylic oxidation sites excluding steroid dienone is 2. The number of aliphatic hydroxyl groups excluding tert-OH is 1. The Hall–Kier alpha value is -0.640. The van der Waals surface area contributed by atoms with Gasteiger partial charge in [0.1, 0.15) is 11.2 Å². The zero-order valence-corrected chi connectivity index (χ0v) is 20.6. The first-order chi connectivity index (χ1) is 14.6. The first-order valence-corrected chi connectivity index (χ1v) is 13.0. The van der Waals surface area contributed by atoms with Crippen molar-refractivity contribution in [2.75, 3.05) is 0 Å². The molecule has 2 spiro atoms. The first-order valence-electron chi connectivity index (χ1n) is 13.0. The number of hydrogen-bond donors (Lipinski definition) is 1. The van der Waals surface area contributed by atoms with Gasteiger partial charge >= 0.3 is 0 Å². The number of aliphatic hydroxyl groups is 1. The van der Waals surface area contributed by atoms with E-state index >= 15 is 0 Å². The summed E-state index contributed by atoms with van der Waals surface area (Å²) in [5.41, 5.74) is -0.366. The van der Waals surface area contributed by atoms with Gasteiger partial charge in [-0.1, -0.05) is 59.8 Å². The molecule has 0 unspecified atom stereocenters. The molecular weight excluding hydrogens is 384 g/mol. The van der Waals surface area contributed by atoms with Gasteiger partial charge in [-0.05, 0) is 73.7 Å². The smallest absolute Gasteiger partial charge is 0.130 e. The molecule has 3 nitrogen and oxygen atoms in total. The van der Waals surface area contributed by atoms with E-state index in [0.29, 0.717) is 41.9 Å². The average Bonchev–Trinajstić information content (AvgIpc) is 3.09. The lowest BCUT2D eigenvalue weighted by atomic mass is 9.43. The first kappa shape index (κ1) is 22.2. The molecule has 0 aromatic heterocycles. The summed E-state index contributed by atoms with van der Waals surface area (Å²) in [6, 6.07) is 0. The van der Waals surface area contributed by atoms with E-state index in [9.17, 15) is 5.11 Å². The third-order valence-electron chi connectivity index (χ3n) is 11.1. The van der Waals surface area contributed by atoms with E-state index in [4.69, 9.17) is 9.78 Å². The van der Waals surface area contributed by atoms with Gasteiger partial charge in [-0.3, -0.25) is 0 Å². The molecule has 2 aliphatic heterocycles. The predicted octanol–water partition coefficient (Wildman–Crippen LogP) is 6.47. The summed E-state index contributed by atoms with van der Waals surface area (Å²) in [6.45, 7) is 14.4. The highest BCUT2D eigenvalue weighted by molar-refractivity contribution is 5.33. The van der Waals surface area contributed by atoms with Crippen molar-refractivity contribution >= 4 is 0 Å². The highest BCUT2D eigenvalue weighted by Gasteiger charge is 2.74. The fourth-order valence-electron chi connectivity index (χ4n) is 8.71. The maximum atomic E-state index is 10.4. The molecule has 3 heteroatoms. The van der Waals surface area contributed by atoms with Crippen LogP contribution < -0.4 is 0 Å². The molecule has 0 aromatic carbocycles. The second-order valence-corrected chi connectivity index (χ2v) is 12.7. The van der Waals surface area contributed by atoms with E-state index in [-0.39, 0.29) is 22.5 Å². The fourth-order valence-corrected chi connectivity index (χ4v) is 8.71. The van der Waals surface area contributed by atoms with Gasteiger partial charge < -0.3 is 5.11 Å². The summed E-state index contributed by atoms with van der Waals surface area (Å²) < 4.78 is 0. The lowest BCUT2D eigenvalue weighted by molar-refractivity contribution is -0.497. The lowest BCUT2D eigenvalue weighted by Crippen LogP contribution is -2.73. The Morgan fingerprint density at radius 2 is 1.68 bits per heavy atom. The molecule has 6 aliphatic rings. The minimum Gasteiger partial charge on any atom is -0.393 e. The highest BCUT2D eigenvalue weighted by Crippen LogP contribution is 2.72. The average molecular weight is 429 g/mol. The molecule has 4 fully saturated rings. The van der Waals surface area contributed by atoms with Crippen molar-refractivity contribution in [3.63, 3.8) is 0 Å². The zero-order valence-electron chi connectivity index (χ0n) is 20.6. The van der Waals surface area contributed by atoms with Crippen LogP contribution in [0.15, 0.2) is 24.3 Å². The quantitative estimate of drug-likeness (QED) is 0.412. The van der Waals surface area contributed by atoms with Crippen molar-refractivity contribution in [3.8, 4) is 0 Å². The van der Waals surface area contributed by atoms with E-state index in [2.05, 4.69) is 65.8 Å². The molecule has 2 heterocycles. The van der Waals surface area contributed by atoms with Crippen LogP contribution in [0.4, 0.5) is 0 Å². The molecule has 4 aliphatic carbocycles. The summed E-state index contributed by atoms with van der Waals surface area (Å²) in [5, 5.41) is 10.4. The molecule has 0 aromatic rings. The minimum atomic E-state index is -0.439. The number of fused-ring (bicyclic) bond motifs is 2. The van der Waals surface area contributed by atoms with Crippen LogP contribution in [0.25, 0.3) is 0 Å². The van der Waals surface area contributed by atoms with E-state index in [1.165, 1.54) is 25.7 Å². The van der Waals surface area contributed by atoms with Gasteiger partial charge in [0.15, 0.2) is 0 Å². The summed E-state index contributed by atoms with van der Waals surface area (Å²) in [7, 11) is 0. The van der Waals surface area contributed by atoms with Gasteiger partial charge in [-0.15, -0.1) is 0 Å². The molecule has 3 saturated carbocycles. The molecule has 0 radical (unpaired) electrons. The Labute approximate surface area is 189 Å². The second kappa shape index (κ2) is 7.18. The summed E-state index contributed by atoms with van der Waals surface area (Å²) in [6.07, 6.45) is 17.0. The lowest BCUT2D eigenvalue weighted by Gasteiger charge is -2.69. The minimum absolute atomic E-state index is 0.0663. The van der Waals surface area contributed by atoms with Crippen LogP contribution in [0.3, 0.4) is 0 Å². The monoisotopic (exact) mass is 428 g/mol. The molecule has 10 atom stereocenters. The van der Waals surface area contributed by atoms with Crippen LogP contribution in [0.1, 0.15) is 86.5 Å². The second-order valence-electron chi connectivity index (χ2n) is 12.7. The van der Waals surface area contributed by atoms with Crippen molar-refractivity contribution in [2.24, 2.45) is 46.3 Å². The highest BCUT2D eigenvalue weighted by atomic mass is 17.2. The van der Waals surface area contributed by atoms with Crippen LogP contribution in [0.2, 0.25) is 0 Å². The zero-order chi connectivity index (χ0) is 22.2. The summed E-state index contributed by atoms with van der Waals surface area (Å²) in [5.74, 6) is 3.64. The Bertz CT molecular complexity index is 772. The molecule has 1 N–H and O–H groups in total. The summed E-state index contributed by atoms with van der Waals surface area (Å²) >= 11 is 0. The predicted molar refractivity (Wildman–Crippen MR) is 124 cm³/mol. The van der Waals surface area contributed by atoms with E-state index in [1.54, 1.807) is 0 Å². The van der Waals surface area contributed by atoms with E-state index in [0.717, 1.165) is 12.8 Å². The van der Waals surface area contributed by atoms with Gasteiger partial charge in [0.2, 0.25) is 0 Å². The standard InChI is InChI=1S/C28H44O3/c1-18(2)19(3)7-8-20(4)22-9-10-23-25(22,5)13-12-24-26(6)14-11-21(29)17-27(26)15-16-28(23,24)31-30-27/h7-8,15-16,18-24,29H,9-14,17H2,1-6H3/t19-,20-,21+,22-,23-,24-,25-,26-,27-,28+/m1/s1. The molecule has 2 bridgehead atoms. The van der Waals surface area contributed by atoms with Crippen LogP contribution in [0, 0.1) is 46.3 Å². The third kappa shape index (κ3) is 2.88. The fraction of sp³-hybridized carbons (Fsp3) is 0.857. The van der Waals surface area contributed by atoms with Gasteiger partial charge in [-0.2, -0.15) is 0 Å². The van der Waals surface area contributed by atoms with Gasteiger partial charge in [0, 0.05) is 23.7 Å². The number of hydrogen-bond acceptors (Lipinski definition) is 3. The van der Waals surface area contributed by atoms with Crippen molar-refractivity contribution in [1.82, 2.24) is 0 Å². The molecule has 31 heavy (non-hydrogen) atoms. The molecule has 1 saturated heterocycles. The normalized spacial score (nSPS) is 52.8. The van der Waals surface area contributed by atoms with Crippen molar-refractivity contribution in [1.29, 1.82) is 0 Å². The van der Waals surface area contributed by atoms with Crippen molar-refractivity contribution in [2.45, 2.75) is 104 Å². The maximum absolute atomic E-state index is 10.4. The third-order valence-corrected chi connectivity index (χ3v) is 11.1. The Balaban J connectivity index is 1.45. The van der Waals surface area contributed by atoms with E-state index < -0.39 is 5.60 Å².